The van der Waals surface area contributed by atoms with Crippen molar-refractivity contribution < 1.29 is 19.4 Å². The predicted molar refractivity (Wildman–Crippen MR) is 106 cm³/mol. The molecule has 3 N–H and O–H groups in total. The fourth-order valence-electron chi connectivity index (χ4n) is 2.72. The Bertz CT molecular complexity index is 1010. The van der Waals surface area contributed by atoms with Crippen LogP contribution in [0, 0.1) is 5.82 Å². The lowest BCUT2D eigenvalue weighted by Gasteiger charge is -2.11. The molecule has 3 aromatic rings. The molecule has 7 nitrogen and oxygen atoms in total. The van der Waals surface area contributed by atoms with E-state index in [1.807, 2.05) is 31.1 Å². The molecule has 0 aliphatic rings. The Morgan fingerprint density at radius 3 is 2.24 bits per heavy atom. The minimum Gasteiger partial charge on any atom is -0.501 e. The van der Waals surface area contributed by atoms with E-state index in [4.69, 9.17) is 0 Å². The van der Waals surface area contributed by atoms with Gasteiger partial charge in [-0.1, -0.05) is 36.4 Å². The van der Waals surface area contributed by atoms with E-state index in [9.17, 15) is 19.4 Å². The minimum atomic E-state index is -0.699. The number of aromatic hydroxyl groups is 2. The van der Waals surface area contributed by atoms with Crippen molar-refractivity contribution in [2.45, 2.75) is 13.1 Å². The summed E-state index contributed by atoms with van der Waals surface area (Å²) >= 11 is 0. The average molecular weight is 396 g/mol. The van der Waals surface area contributed by atoms with Gasteiger partial charge in [0, 0.05) is 18.7 Å². The van der Waals surface area contributed by atoms with Crippen molar-refractivity contribution in [2.24, 2.45) is 0 Å². The molecule has 3 rings (SSSR count). The molecule has 0 bridgehead atoms. The smallest absolute Gasteiger partial charge is 0.274 e. The summed E-state index contributed by atoms with van der Waals surface area (Å²) in [5.74, 6) is -2.33. The second kappa shape index (κ2) is 8.66. The molecule has 0 aliphatic heterocycles. The summed E-state index contributed by atoms with van der Waals surface area (Å²) in [6, 6.07) is 13.0. The van der Waals surface area contributed by atoms with Crippen LogP contribution in [0.25, 0.3) is 11.4 Å². The van der Waals surface area contributed by atoms with Gasteiger partial charge in [0.15, 0.2) is 11.5 Å². The van der Waals surface area contributed by atoms with Crippen LogP contribution in [0.5, 0.6) is 11.6 Å². The van der Waals surface area contributed by atoms with Gasteiger partial charge in [-0.25, -0.2) is 9.37 Å². The Hall–Kier alpha value is -3.52. The van der Waals surface area contributed by atoms with E-state index in [2.05, 4.69) is 15.3 Å². The summed E-state index contributed by atoms with van der Waals surface area (Å²) < 4.78 is 13.0. The summed E-state index contributed by atoms with van der Waals surface area (Å²) in [7, 11) is 3.93. The normalized spacial score (nSPS) is 10.9. The van der Waals surface area contributed by atoms with Crippen molar-refractivity contribution in [1.82, 2.24) is 20.2 Å². The highest BCUT2D eigenvalue weighted by molar-refractivity contribution is 5.95. The predicted octanol–water partition coefficient (Wildman–Crippen LogP) is 2.69. The summed E-state index contributed by atoms with van der Waals surface area (Å²) in [5, 5.41) is 22.6. The maximum atomic E-state index is 13.0. The Morgan fingerprint density at radius 1 is 1.00 bits per heavy atom. The highest BCUT2D eigenvalue weighted by Gasteiger charge is 2.20. The number of benzene rings is 2. The molecule has 1 amide bonds. The van der Waals surface area contributed by atoms with Crippen LogP contribution in [0.1, 0.15) is 21.6 Å². The molecule has 0 saturated carbocycles. The highest BCUT2D eigenvalue weighted by atomic mass is 19.1. The molecule has 0 unspecified atom stereocenters. The van der Waals surface area contributed by atoms with Crippen LogP contribution in [0.15, 0.2) is 48.5 Å². The topological polar surface area (TPSA) is 98.6 Å². The molecule has 0 fully saturated rings. The van der Waals surface area contributed by atoms with Gasteiger partial charge >= 0.3 is 0 Å². The molecule has 0 radical (unpaired) electrons. The van der Waals surface area contributed by atoms with Crippen LogP contribution in [0.2, 0.25) is 0 Å². The van der Waals surface area contributed by atoms with E-state index in [0.717, 1.165) is 12.1 Å². The standard InChI is InChI=1S/C21H21FN4O3/c1-26(2)12-14-3-7-15(8-4-14)19-24-17(18(27)21(29)25-19)20(28)23-11-13-5-9-16(22)10-6-13/h3-10,27H,11-12H2,1-2H3,(H,23,28)(H,24,25,29). The summed E-state index contributed by atoms with van der Waals surface area (Å²) in [5.41, 5.74) is 2.01. The number of carbonyl (C=O) groups is 1. The molecular weight excluding hydrogens is 375 g/mol. The zero-order chi connectivity index (χ0) is 21.0. The average Bonchev–Trinajstić information content (AvgIpc) is 2.69. The second-order valence-corrected chi connectivity index (χ2v) is 6.81. The Balaban J connectivity index is 1.81. The minimum absolute atomic E-state index is 0.109. The van der Waals surface area contributed by atoms with Crippen LogP contribution in [0.3, 0.4) is 0 Å². The van der Waals surface area contributed by atoms with E-state index in [1.54, 1.807) is 12.1 Å². The molecule has 0 atom stereocenters. The molecule has 29 heavy (non-hydrogen) atoms. The number of halogens is 1. The van der Waals surface area contributed by atoms with Gasteiger partial charge in [0.2, 0.25) is 5.75 Å². The monoisotopic (exact) mass is 396 g/mol. The van der Waals surface area contributed by atoms with Gasteiger partial charge in [0.25, 0.3) is 11.8 Å². The quantitative estimate of drug-likeness (QED) is 0.593. The SMILES string of the molecule is CN(C)Cc1ccc(-c2nc(O)c(O)c(C(=O)NCc3ccc(F)cc3)n2)cc1. The molecule has 0 spiro atoms. The van der Waals surface area contributed by atoms with E-state index < -0.39 is 17.5 Å². The molecule has 0 saturated heterocycles. The van der Waals surface area contributed by atoms with Crippen molar-refractivity contribution in [2.75, 3.05) is 14.1 Å². The second-order valence-electron chi connectivity index (χ2n) is 6.81. The van der Waals surface area contributed by atoms with E-state index in [-0.39, 0.29) is 23.9 Å². The van der Waals surface area contributed by atoms with Crippen molar-refractivity contribution in [3.05, 3.63) is 71.2 Å². The maximum Gasteiger partial charge on any atom is 0.274 e. The van der Waals surface area contributed by atoms with Gasteiger partial charge in [-0.15, -0.1) is 0 Å². The third-order valence-electron chi connectivity index (χ3n) is 4.16. The van der Waals surface area contributed by atoms with Gasteiger partial charge in [-0.3, -0.25) is 4.79 Å². The number of aromatic nitrogens is 2. The number of rotatable bonds is 6. The molecule has 1 aromatic heterocycles. The molecule has 1 heterocycles. The number of hydrogen-bond donors (Lipinski definition) is 3. The Kier molecular flexibility index (Phi) is 6.04. The van der Waals surface area contributed by atoms with Crippen LogP contribution < -0.4 is 5.32 Å². The first-order valence-corrected chi connectivity index (χ1v) is 8.90. The first kappa shape index (κ1) is 20.2. The lowest BCUT2D eigenvalue weighted by Crippen LogP contribution is -2.24. The number of nitrogens with one attached hydrogen (secondary N) is 1. The van der Waals surface area contributed by atoms with Crippen LogP contribution in [0.4, 0.5) is 4.39 Å². The fourth-order valence-corrected chi connectivity index (χ4v) is 2.72. The maximum absolute atomic E-state index is 13.0. The molecular formula is C21H21FN4O3. The van der Waals surface area contributed by atoms with E-state index in [1.165, 1.54) is 24.3 Å². The third kappa shape index (κ3) is 5.05. The van der Waals surface area contributed by atoms with Crippen molar-refractivity contribution in [3.8, 4) is 23.0 Å². The Morgan fingerprint density at radius 2 is 1.62 bits per heavy atom. The van der Waals surface area contributed by atoms with Crippen LogP contribution in [-0.2, 0) is 13.1 Å². The number of nitrogens with zero attached hydrogens (tertiary/aromatic N) is 3. The van der Waals surface area contributed by atoms with Crippen LogP contribution >= 0.6 is 0 Å². The first-order chi connectivity index (χ1) is 13.8. The van der Waals surface area contributed by atoms with Gasteiger partial charge in [-0.05, 0) is 37.4 Å². The lowest BCUT2D eigenvalue weighted by molar-refractivity contribution is 0.0942. The zero-order valence-corrected chi connectivity index (χ0v) is 16.1. The molecule has 8 heteroatoms. The number of carbonyl (C=O) groups excluding carboxylic acids is 1. The van der Waals surface area contributed by atoms with E-state index >= 15 is 0 Å². The van der Waals surface area contributed by atoms with E-state index in [0.29, 0.717) is 11.1 Å². The fraction of sp³-hybridized carbons (Fsp3) is 0.190. The Labute approximate surface area is 167 Å². The highest BCUT2D eigenvalue weighted by Crippen LogP contribution is 2.29. The first-order valence-electron chi connectivity index (χ1n) is 8.90. The summed E-state index contributed by atoms with van der Waals surface area (Å²) in [4.78, 5) is 22.5. The third-order valence-corrected chi connectivity index (χ3v) is 4.16. The van der Waals surface area contributed by atoms with Crippen molar-refractivity contribution in [1.29, 1.82) is 0 Å². The van der Waals surface area contributed by atoms with Crippen LogP contribution in [-0.4, -0.2) is 45.1 Å². The van der Waals surface area contributed by atoms with Gasteiger partial charge in [0.05, 0.1) is 0 Å². The van der Waals surface area contributed by atoms with Gasteiger partial charge < -0.3 is 20.4 Å². The van der Waals surface area contributed by atoms with Gasteiger partial charge in [-0.2, -0.15) is 4.98 Å². The zero-order valence-electron chi connectivity index (χ0n) is 16.1. The number of hydrogen-bond acceptors (Lipinski definition) is 6. The largest absolute Gasteiger partial charge is 0.501 e. The summed E-state index contributed by atoms with van der Waals surface area (Å²) in [6.07, 6.45) is 0. The van der Waals surface area contributed by atoms with Crippen molar-refractivity contribution in [3.63, 3.8) is 0 Å². The molecule has 0 aliphatic carbocycles. The summed E-state index contributed by atoms with van der Waals surface area (Å²) in [6.45, 7) is 0.872. The molecule has 150 valence electrons. The van der Waals surface area contributed by atoms with Gasteiger partial charge in [0.1, 0.15) is 5.82 Å². The lowest BCUT2D eigenvalue weighted by atomic mass is 10.1. The molecule has 2 aromatic carbocycles. The number of amides is 1. The van der Waals surface area contributed by atoms with Crippen molar-refractivity contribution >= 4 is 5.91 Å².